The van der Waals surface area contributed by atoms with E-state index in [2.05, 4.69) is 47.9 Å². The van der Waals surface area contributed by atoms with Gasteiger partial charge in [-0.1, -0.05) is 218 Å². The summed E-state index contributed by atoms with van der Waals surface area (Å²) in [5.41, 5.74) is 3.47. The lowest BCUT2D eigenvalue weighted by molar-refractivity contribution is -0.159. The highest BCUT2D eigenvalue weighted by Crippen LogP contribution is 2.30. The molecule has 10 unspecified atom stereocenters. The zero-order valence-electron chi connectivity index (χ0n) is 75.9. The normalized spacial score (nSPS) is 15.2. The number of carbonyl (C=O) groups is 12. The van der Waals surface area contributed by atoms with Gasteiger partial charge in [-0.25, -0.2) is 14.4 Å². The van der Waals surface area contributed by atoms with Crippen molar-refractivity contribution in [3.63, 3.8) is 0 Å². The van der Waals surface area contributed by atoms with Crippen LogP contribution in [0.25, 0.3) is 0 Å². The van der Waals surface area contributed by atoms with Crippen LogP contribution in [0.5, 0.6) is 11.5 Å². The van der Waals surface area contributed by atoms with Gasteiger partial charge in [0.05, 0.1) is 33.4 Å². The topological polar surface area (TPSA) is 411 Å². The van der Waals surface area contributed by atoms with Crippen molar-refractivity contribution in [1.82, 2.24) is 47.9 Å². The Morgan fingerprint density at radius 2 is 0.756 bits per heavy atom. The molecule has 2 aliphatic carbocycles. The van der Waals surface area contributed by atoms with Crippen molar-refractivity contribution in [2.24, 2.45) is 17.8 Å². The lowest BCUT2D eigenvalue weighted by atomic mass is 9.83. The molecule has 0 aromatic heterocycles. The molecule has 0 radical (unpaired) electrons. The maximum absolute atomic E-state index is 14.2. The van der Waals surface area contributed by atoms with Crippen LogP contribution in [-0.4, -0.2) is 167 Å². The second kappa shape index (κ2) is 55.2. The van der Waals surface area contributed by atoms with E-state index in [9.17, 15) is 72.9 Å². The average molecular weight is 1760 g/mol. The van der Waals surface area contributed by atoms with Gasteiger partial charge in [0, 0.05) is 25.7 Å². The minimum atomic E-state index is -1.76. The first-order valence-corrected chi connectivity index (χ1v) is 44.8. The Balaban J connectivity index is 0.000000327. The maximum atomic E-state index is 14.2. The molecule has 0 heterocycles. The van der Waals surface area contributed by atoms with Gasteiger partial charge in [0.15, 0.2) is 18.2 Å². The van der Waals surface area contributed by atoms with Crippen molar-refractivity contribution in [2.75, 3.05) is 27.3 Å². The summed E-state index contributed by atoms with van der Waals surface area (Å²) in [6, 6.07) is 44.5. The summed E-state index contributed by atoms with van der Waals surface area (Å²) in [5.74, 6) is -5.70. The van der Waals surface area contributed by atoms with Crippen LogP contribution in [-0.2, 0) is 92.7 Å². The Morgan fingerprint density at radius 3 is 1.12 bits per heavy atom. The Morgan fingerprint density at radius 1 is 0.394 bits per heavy atom. The number of nitrogens with one attached hydrogen (secondary N) is 9. The van der Waals surface area contributed by atoms with E-state index >= 15 is 0 Å². The monoisotopic (exact) mass is 1760 g/mol. The molecule has 0 aliphatic heterocycles. The molecule has 0 bridgehead atoms. The van der Waals surface area contributed by atoms with E-state index in [-0.39, 0.29) is 61.8 Å². The molecule has 692 valence electrons. The largest absolute Gasteiger partial charge is 0.497 e. The number of carboxylic acids is 1. The van der Waals surface area contributed by atoms with Crippen LogP contribution < -0.4 is 57.3 Å². The van der Waals surface area contributed by atoms with Crippen molar-refractivity contribution in [2.45, 2.75) is 282 Å². The van der Waals surface area contributed by atoms with Crippen molar-refractivity contribution in [3.8, 4) is 11.5 Å². The number of aliphatic hydroxyl groups excluding tert-OH is 2. The first-order chi connectivity index (χ1) is 60.7. The number of carbonyl (C=O) groups excluding carboxylic acids is 11. The molecule has 6 aromatic carbocycles. The van der Waals surface area contributed by atoms with Crippen LogP contribution in [0, 0.1) is 17.8 Å². The third-order valence-corrected chi connectivity index (χ3v) is 21.9. The van der Waals surface area contributed by atoms with Crippen molar-refractivity contribution in [1.29, 1.82) is 0 Å². The molecule has 0 spiro atoms. The van der Waals surface area contributed by atoms with E-state index in [0.29, 0.717) is 43.2 Å². The standard InChI is InChI=1S/C49H67N5O9.C29H38N2O5.C21H32N2O5/c1-6-18-38(44(57)47(60)50-32-41(56)54-43(36-24-14-9-15-25-36)48(61)63-49(2,3)4)51-45(58)39(31-34-20-10-7-11-21-34)52-46(59)42(35-22-12-8-13-23-35)53-40(55)26-17-16-19-33-27-29-37(62-5)30-28-33;1-36-24-18-16-21(17-19-24)10-8-9-15-26(32)31-27(23-13-6-3-7-14-23)28(33)30-25(29(34)35)20-22-11-4-2-5-12-22;1-6-10-14(2)18(25)19(26)22-13-16(24)23-17(15-11-8-7-9-12-15)20(27)28-21(3,4)5/h7,9-11,14-15,20-21,24-25,27-30,35,38-39,42-44,57H,6,8,12-13,16-19,22-23,26,31-32H2,1-5H3,(H,50,60)(H,51,58)(H,52,59)(H,53,55)(H,54,56);2,4-5,11-12,16-19,23,25,27H,3,6-10,13-15,20H2,1H3,(H,30,33)(H,31,32)(H,34,35);7-9,11-12,14,17-18,25H,6,10,13H2,1-5H3,(H,22,26)(H,23,24). The number of amides is 9. The maximum Gasteiger partial charge on any atom is 0.333 e. The van der Waals surface area contributed by atoms with Crippen LogP contribution in [0.15, 0.2) is 170 Å². The summed E-state index contributed by atoms with van der Waals surface area (Å²) < 4.78 is 21.3. The molecule has 6 aromatic rings. The highest BCUT2D eigenvalue weighted by atomic mass is 16.6. The van der Waals surface area contributed by atoms with Gasteiger partial charge in [-0.3, -0.25) is 43.2 Å². The summed E-state index contributed by atoms with van der Waals surface area (Å²) in [5, 5.41) is 55.4. The lowest BCUT2D eigenvalue weighted by Gasteiger charge is -2.32. The molecule has 127 heavy (non-hydrogen) atoms. The number of aryl methyl sites for hydroxylation is 2. The number of unbranched alkanes of at least 4 members (excludes halogenated alkanes) is 2. The number of hydrogen-bond donors (Lipinski definition) is 12. The number of methoxy groups -OCH3 is 2. The van der Waals surface area contributed by atoms with E-state index < -0.39 is 132 Å². The Hall–Kier alpha value is -11.5. The molecule has 10 atom stereocenters. The summed E-state index contributed by atoms with van der Waals surface area (Å²) in [6.45, 7) is 15.0. The number of ether oxygens (including phenoxy) is 4. The number of hydrogen-bond acceptors (Lipinski definition) is 18. The van der Waals surface area contributed by atoms with Gasteiger partial charge < -0.3 is 82.1 Å². The van der Waals surface area contributed by atoms with Gasteiger partial charge in [-0.15, -0.1) is 0 Å². The highest BCUT2D eigenvalue weighted by molar-refractivity contribution is 5.95. The fraction of sp³-hybridized carbons (Fsp3) is 0.515. The first kappa shape index (κ1) is 104. The molecule has 2 saturated carbocycles. The highest BCUT2D eigenvalue weighted by Gasteiger charge is 2.38. The number of aliphatic carboxylic acids is 1. The van der Waals surface area contributed by atoms with Crippen molar-refractivity contribution >= 4 is 71.1 Å². The predicted molar refractivity (Wildman–Crippen MR) is 485 cm³/mol. The first-order valence-electron chi connectivity index (χ1n) is 44.8. The molecule has 28 heteroatoms. The predicted octanol–water partition coefficient (Wildman–Crippen LogP) is 11.5. The summed E-state index contributed by atoms with van der Waals surface area (Å²) in [7, 11) is 3.26. The van der Waals surface area contributed by atoms with Crippen LogP contribution in [0.4, 0.5) is 0 Å². The van der Waals surface area contributed by atoms with E-state index in [1.807, 2.05) is 123 Å². The molecule has 9 amide bonds. The van der Waals surface area contributed by atoms with Gasteiger partial charge in [-0.2, -0.15) is 0 Å². The van der Waals surface area contributed by atoms with Gasteiger partial charge in [0.1, 0.15) is 53.0 Å². The molecule has 28 nitrogen and oxygen atoms in total. The van der Waals surface area contributed by atoms with Crippen molar-refractivity contribution in [3.05, 3.63) is 203 Å². The van der Waals surface area contributed by atoms with Crippen LogP contribution in [0.3, 0.4) is 0 Å². The Kier molecular flexibility index (Phi) is 45.3. The van der Waals surface area contributed by atoms with Crippen LogP contribution >= 0.6 is 0 Å². The fourth-order valence-corrected chi connectivity index (χ4v) is 15.2. The third-order valence-electron chi connectivity index (χ3n) is 21.9. The molecule has 12 N–H and O–H groups in total. The van der Waals surface area contributed by atoms with E-state index in [1.165, 1.54) is 5.56 Å². The molecular formula is C99H137N9O19. The number of carboxylic acid groups (broad SMARTS) is 1. The Labute approximate surface area is 748 Å². The van der Waals surface area contributed by atoms with Crippen LogP contribution in [0.2, 0.25) is 0 Å². The minimum Gasteiger partial charge on any atom is -0.497 e. The van der Waals surface area contributed by atoms with E-state index in [4.69, 9.17) is 18.9 Å². The number of esters is 2. The zero-order chi connectivity index (χ0) is 92.9. The number of rotatable bonds is 45. The summed E-state index contributed by atoms with van der Waals surface area (Å²) in [4.78, 5) is 156. The van der Waals surface area contributed by atoms with Gasteiger partial charge >= 0.3 is 17.9 Å². The zero-order valence-corrected chi connectivity index (χ0v) is 75.9. The van der Waals surface area contributed by atoms with E-state index in [1.54, 1.807) is 123 Å². The summed E-state index contributed by atoms with van der Waals surface area (Å²) >= 11 is 0. The molecular weight excluding hydrogens is 1620 g/mol. The Bertz CT molecular complexity index is 4370. The average Bonchev–Trinajstić information content (AvgIpc) is 0.862. The SMILES string of the molecule is CCCC(C)C(O)C(=O)NCC(=O)NC(C(=O)OC(C)(C)C)c1ccccc1.CCCC(NC(=O)C(Cc1ccccc1)NC(=O)C(NC(=O)CCCCc1ccc(OC)cc1)C1CCCCC1)C(O)C(=O)NCC(=O)NC(C(=O)OC(C)(C)C)c1ccccc1.COc1ccc(CCCCC(=O)NC(C(=O)NC(Cc2ccccc2)C(=O)O)C2CCCCC2)cc1. The smallest absolute Gasteiger partial charge is 0.333 e. The summed E-state index contributed by atoms with van der Waals surface area (Å²) in [6.07, 6.45) is 14.1. The molecule has 2 aliphatic rings. The molecule has 2 fully saturated rings. The lowest BCUT2D eigenvalue weighted by Crippen LogP contribution is -2.59. The van der Waals surface area contributed by atoms with Crippen molar-refractivity contribution < 1.29 is 91.8 Å². The number of benzene rings is 6. The molecule has 0 saturated heterocycles. The molecule has 8 rings (SSSR count). The van der Waals surface area contributed by atoms with Gasteiger partial charge in [-0.05, 0) is 194 Å². The van der Waals surface area contributed by atoms with Crippen LogP contribution in [0.1, 0.15) is 236 Å². The fourth-order valence-electron chi connectivity index (χ4n) is 15.2. The third kappa shape index (κ3) is 39.1. The van der Waals surface area contributed by atoms with Gasteiger partial charge in [0.25, 0.3) is 5.91 Å². The second-order valence-electron chi connectivity index (χ2n) is 34.7. The van der Waals surface area contributed by atoms with E-state index in [0.717, 1.165) is 125 Å². The number of aliphatic hydroxyl groups is 2. The second-order valence-corrected chi connectivity index (χ2v) is 34.7. The quantitative estimate of drug-likeness (QED) is 0.0125. The van der Waals surface area contributed by atoms with Gasteiger partial charge in [0.2, 0.25) is 47.3 Å². The minimum absolute atomic E-state index is 0.0215.